The summed E-state index contributed by atoms with van der Waals surface area (Å²) in [5.41, 5.74) is 15.0. The maximum Gasteiger partial charge on any atom is 0.155 e. The molecular weight excluding hydrogens is 997 g/mol. The van der Waals surface area contributed by atoms with Gasteiger partial charge < -0.3 is 8.98 Å². The Labute approximate surface area is 383 Å². The fraction of sp³-hybridized carbons (Fsp3) is 0.255. The van der Waals surface area contributed by atoms with Crippen molar-refractivity contribution in [3.63, 3.8) is 0 Å². The van der Waals surface area contributed by atoms with Crippen molar-refractivity contribution in [1.82, 2.24) is 19.5 Å². The van der Waals surface area contributed by atoms with E-state index in [-0.39, 0.29) is 31.9 Å². The quantitative estimate of drug-likeness (QED) is 0.107. The molecule has 5 aromatic carbocycles. The monoisotopic (exact) mass is 1060 g/mol. The summed E-state index contributed by atoms with van der Waals surface area (Å²) in [6, 6.07) is 46.8. The second kappa shape index (κ2) is 18.7. The first-order valence-corrected chi connectivity index (χ1v) is 29.0. The average molecular weight is 1050 g/mol. The van der Waals surface area contributed by atoms with Crippen molar-refractivity contribution in [2.45, 2.75) is 84.0 Å². The number of pyridine rings is 2. The number of aryl methyl sites for hydroxylation is 1. The van der Waals surface area contributed by atoms with Gasteiger partial charge in [-0.3, -0.25) is 4.98 Å². The van der Waals surface area contributed by atoms with Crippen LogP contribution in [0.15, 0.2) is 132 Å². The maximum atomic E-state index is 6.48. The van der Waals surface area contributed by atoms with Crippen molar-refractivity contribution in [3.8, 4) is 39.5 Å². The SMILES string of the molecule is CC(C)Cc1cc(-c2[c-]cccc2)nc[c]1[Ge]([CH3])([CH3])[CH3].Cc1cnc2c(c1)nc(-c1[c-]ccc3c1oc1ccccc13)n2-c1c(C(C)C)cc(-c2ccccc2)cc1C(C)C.[Ir]. The minimum atomic E-state index is -1.86. The molecule has 0 bridgehead atoms. The molecule has 5 nitrogen and oxygen atoms in total. The molecule has 0 spiro atoms. The zero-order valence-corrected chi connectivity index (χ0v) is 42.1. The van der Waals surface area contributed by atoms with E-state index < -0.39 is 13.3 Å². The zero-order chi connectivity index (χ0) is 43.0. The van der Waals surface area contributed by atoms with Gasteiger partial charge in [0.1, 0.15) is 5.58 Å². The van der Waals surface area contributed by atoms with E-state index >= 15 is 0 Å². The van der Waals surface area contributed by atoms with Crippen LogP contribution in [0.5, 0.6) is 0 Å². The van der Waals surface area contributed by atoms with E-state index in [2.05, 4.69) is 161 Å². The topological polar surface area (TPSA) is 56.7 Å². The predicted octanol–water partition coefficient (Wildman–Crippen LogP) is 14.3. The molecule has 0 fully saturated rings. The number of hydrogen-bond donors (Lipinski definition) is 0. The van der Waals surface area contributed by atoms with Gasteiger partial charge in [-0.1, -0.05) is 87.2 Å². The Morgan fingerprint density at radius 2 is 1.39 bits per heavy atom. The molecule has 0 saturated carbocycles. The molecular formula is C55H56GeIrN4O-2. The van der Waals surface area contributed by atoms with Crippen LogP contribution in [0.4, 0.5) is 0 Å². The van der Waals surface area contributed by atoms with Gasteiger partial charge in [0.2, 0.25) is 0 Å². The van der Waals surface area contributed by atoms with Gasteiger partial charge in [-0.15, -0.1) is 18.2 Å². The first-order chi connectivity index (χ1) is 29.3. The summed E-state index contributed by atoms with van der Waals surface area (Å²) in [5, 5.41) is 2.15. The summed E-state index contributed by atoms with van der Waals surface area (Å²) in [7, 11) is 0. The number of benzene rings is 5. The molecule has 9 aromatic rings. The first-order valence-electron chi connectivity index (χ1n) is 21.7. The number of furan rings is 1. The molecule has 0 N–H and O–H groups in total. The molecule has 4 heterocycles. The number of rotatable bonds is 9. The van der Waals surface area contributed by atoms with Gasteiger partial charge in [-0.2, -0.15) is 0 Å². The summed E-state index contributed by atoms with van der Waals surface area (Å²) in [5.74, 6) is 9.33. The van der Waals surface area contributed by atoms with Crippen LogP contribution < -0.4 is 4.40 Å². The fourth-order valence-corrected chi connectivity index (χ4v) is 11.7. The standard InChI is InChI=1S/C37H32N3O.C18H24GeN.Ir/c1-22(2)30-19-26(25-12-7-6-8-13-25)20-31(23(3)4)34(30)40-36(39-32-18-24(5)21-38-37(32)40)29-16-11-15-28-27-14-9-10-17-33(27)41-35(28)29;1-14(2)11-16-12-18(15-9-7-6-8-10-15)20-13-17(16)19(3,4)5;/h6-15,17-23H,1-5H3;6-9,12-14H,11H2,1-5H3;/q2*-1;. The first kappa shape index (κ1) is 44.9. The largest absolute Gasteiger partial charge is 0.501 e. The van der Waals surface area contributed by atoms with Crippen LogP contribution in [0.2, 0.25) is 17.3 Å². The Morgan fingerprint density at radius 3 is 2.05 bits per heavy atom. The average Bonchev–Trinajstić information content (AvgIpc) is 3.81. The molecule has 0 aliphatic heterocycles. The minimum Gasteiger partial charge on any atom is -0.501 e. The third kappa shape index (κ3) is 9.15. The number of aromatic nitrogens is 4. The maximum absolute atomic E-state index is 6.48. The fourth-order valence-electron chi connectivity index (χ4n) is 8.40. The Balaban J connectivity index is 0.000000233. The summed E-state index contributed by atoms with van der Waals surface area (Å²) in [4.78, 5) is 14.9. The molecule has 0 saturated heterocycles. The van der Waals surface area contributed by atoms with E-state index in [1.807, 2.05) is 48.7 Å². The van der Waals surface area contributed by atoms with Crippen LogP contribution in [0, 0.1) is 25.0 Å². The Kier molecular flexibility index (Phi) is 13.5. The molecule has 1 radical (unpaired) electrons. The van der Waals surface area contributed by atoms with E-state index in [0.717, 1.165) is 73.4 Å². The van der Waals surface area contributed by atoms with Gasteiger partial charge in [-0.25, -0.2) is 4.98 Å². The van der Waals surface area contributed by atoms with Crippen molar-refractivity contribution >= 4 is 50.8 Å². The minimum absolute atomic E-state index is 0. The number of hydrogen-bond acceptors (Lipinski definition) is 4. The molecule has 0 aliphatic carbocycles. The summed E-state index contributed by atoms with van der Waals surface area (Å²) < 4.78 is 10.3. The van der Waals surface area contributed by atoms with Gasteiger partial charge >= 0.3 is 126 Å². The summed E-state index contributed by atoms with van der Waals surface area (Å²) >= 11 is -1.86. The molecule has 0 amide bonds. The van der Waals surface area contributed by atoms with Gasteiger partial charge in [0.25, 0.3) is 0 Å². The third-order valence-corrected chi connectivity index (χ3v) is 15.7. The van der Waals surface area contributed by atoms with Crippen LogP contribution in [0.25, 0.3) is 72.6 Å². The molecule has 0 unspecified atom stereocenters. The van der Waals surface area contributed by atoms with Crippen molar-refractivity contribution in [3.05, 3.63) is 162 Å². The molecule has 7 heteroatoms. The van der Waals surface area contributed by atoms with Gasteiger partial charge in [-0.05, 0) is 70.8 Å². The third-order valence-electron chi connectivity index (χ3n) is 11.4. The second-order valence-corrected chi connectivity index (χ2v) is 28.9. The van der Waals surface area contributed by atoms with Crippen LogP contribution in [0.1, 0.15) is 75.6 Å². The van der Waals surface area contributed by atoms with Crippen molar-refractivity contribution in [1.29, 1.82) is 0 Å². The predicted molar refractivity (Wildman–Crippen MR) is 259 cm³/mol. The van der Waals surface area contributed by atoms with E-state index in [1.165, 1.54) is 27.8 Å². The smallest absolute Gasteiger partial charge is 0.155 e. The number of para-hydroxylation sites is 1. The van der Waals surface area contributed by atoms with E-state index in [9.17, 15) is 0 Å². The van der Waals surface area contributed by atoms with E-state index in [1.54, 1.807) is 4.40 Å². The Bertz CT molecular complexity index is 2950. The Hall–Kier alpha value is -5.14. The Morgan fingerprint density at radius 1 is 0.694 bits per heavy atom. The number of imidazole rings is 1. The van der Waals surface area contributed by atoms with Crippen LogP contribution in [0.3, 0.4) is 0 Å². The normalized spacial score (nSPS) is 11.8. The van der Waals surface area contributed by atoms with Crippen LogP contribution in [-0.2, 0) is 26.5 Å². The van der Waals surface area contributed by atoms with Crippen molar-refractivity contribution in [2.75, 3.05) is 0 Å². The van der Waals surface area contributed by atoms with E-state index in [0.29, 0.717) is 5.92 Å². The molecule has 4 aromatic heterocycles. The number of nitrogens with zero attached hydrogens (tertiary/aromatic N) is 4. The zero-order valence-electron chi connectivity index (χ0n) is 37.6. The van der Waals surface area contributed by atoms with Gasteiger partial charge in [0.15, 0.2) is 5.65 Å². The van der Waals surface area contributed by atoms with Crippen LogP contribution >= 0.6 is 0 Å². The molecule has 62 heavy (non-hydrogen) atoms. The van der Waals surface area contributed by atoms with Gasteiger partial charge in [0, 0.05) is 37.4 Å². The number of fused-ring (bicyclic) bond motifs is 4. The molecule has 317 valence electrons. The molecule has 9 rings (SSSR count). The van der Waals surface area contributed by atoms with Crippen LogP contribution in [-0.4, -0.2) is 32.8 Å². The summed E-state index contributed by atoms with van der Waals surface area (Å²) in [6.45, 7) is 15.7. The van der Waals surface area contributed by atoms with Crippen molar-refractivity contribution in [2.24, 2.45) is 5.92 Å². The summed E-state index contributed by atoms with van der Waals surface area (Å²) in [6.07, 6.45) is 5.20. The van der Waals surface area contributed by atoms with Crippen molar-refractivity contribution < 1.29 is 24.5 Å². The van der Waals surface area contributed by atoms with Gasteiger partial charge in [0.05, 0.1) is 16.9 Å². The second-order valence-electron chi connectivity index (χ2n) is 18.3. The molecule has 0 aliphatic rings. The molecule has 0 atom stereocenters. The van der Waals surface area contributed by atoms with E-state index in [4.69, 9.17) is 19.4 Å².